The van der Waals surface area contributed by atoms with Gasteiger partial charge in [0, 0.05) is 12.3 Å². The second kappa shape index (κ2) is 14.0. The van der Waals surface area contributed by atoms with Gasteiger partial charge in [-0.25, -0.2) is 14.8 Å². The van der Waals surface area contributed by atoms with Gasteiger partial charge in [-0.05, 0) is 63.5 Å². The first-order chi connectivity index (χ1) is 21.7. The van der Waals surface area contributed by atoms with Gasteiger partial charge < -0.3 is 23.8 Å². The molecule has 1 amide bonds. The van der Waals surface area contributed by atoms with Crippen LogP contribution in [-0.4, -0.2) is 71.2 Å². The highest BCUT2D eigenvalue weighted by molar-refractivity contribution is 5.89. The van der Waals surface area contributed by atoms with E-state index in [1.807, 2.05) is 37.3 Å². The first-order valence-corrected chi connectivity index (χ1v) is 16.0. The van der Waals surface area contributed by atoms with E-state index in [0.717, 1.165) is 38.5 Å². The number of fused-ring (bicyclic) bond motifs is 1. The molecule has 1 aromatic heterocycles. The van der Waals surface area contributed by atoms with Gasteiger partial charge in [-0.2, -0.15) is 0 Å². The van der Waals surface area contributed by atoms with E-state index in [9.17, 15) is 14.4 Å². The lowest BCUT2D eigenvalue weighted by Gasteiger charge is -2.30. The maximum absolute atomic E-state index is 14.3. The summed E-state index contributed by atoms with van der Waals surface area (Å²) in [6.07, 6.45) is 9.87. The Morgan fingerprint density at radius 1 is 1.13 bits per heavy atom. The van der Waals surface area contributed by atoms with E-state index in [2.05, 4.69) is 13.2 Å². The van der Waals surface area contributed by atoms with Crippen LogP contribution in [0.25, 0.3) is 11.0 Å². The summed E-state index contributed by atoms with van der Waals surface area (Å²) in [6, 6.07) is 4.69. The van der Waals surface area contributed by atoms with Gasteiger partial charge in [0.1, 0.15) is 34.7 Å². The number of aromatic nitrogens is 2. The standard InChI is InChI=1S/C35H45N3O7/c1-6-8-15-27-32(37-31-26(36-27)16-11-17-29(31)42-4)44-24-18-28(34(41)43-5)38(21-24)33(40)25(22-13-9-10-14-22)19-30(39)45-35(3)20-23(35)12-7-2/h6-7,11,16-17,22-25,28H,1-2,8-10,12-15,18-21H2,3-5H3/t23-,24+,25-,28-,35-/m0/s1. The third-order valence-electron chi connectivity index (χ3n) is 9.62. The van der Waals surface area contributed by atoms with Crippen molar-refractivity contribution in [3.63, 3.8) is 0 Å². The highest BCUT2D eigenvalue weighted by Crippen LogP contribution is 2.49. The Hall–Kier alpha value is -3.95. The number of hydrogen-bond donors (Lipinski definition) is 0. The summed E-state index contributed by atoms with van der Waals surface area (Å²) in [5.41, 5.74) is 1.39. The molecule has 2 aromatic rings. The number of amides is 1. The second-order valence-electron chi connectivity index (χ2n) is 12.7. The predicted molar refractivity (Wildman–Crippen MR) is 169 cm³/mol. The minimum Gasteiger partial charge on any atom is -0.494 e. The normalized spacial score (nSPS) is 25.0. The van der Waals surface area contributed by atoms with E-state index in [-0.39, 0.29) is 43.1 Å². The van der Waals surface area contributed by atoms with Crippen molar-refractivity contribution in [3.05, 3.63) is 49.2 Å². The highest BCUT2D eigenvalue weighted by Gasteiger charge is 2.53. The number of aryl methyl sites for hydroxylation is 1. The number of ether oxygens (including phenoxy) is 4. The summed E-state index contributed by atoms with van der Waals surface area (Å²) in [5.74, 6) is -0.502. The van der Waals surface area contributed by atoms with E-state index in [0.29, 0.717) is 41.2 Å². The Labute approximate surface area is 265 Å². The number of carbonyl (C=O) groups excluding carboxylic acids is 3. The fourth-order valence-corrected chi connectivity index (χ4v) is 6.98. The maximum Gasteiger partial charge on any atom is 0.328 e. The van der Waals surface area contributed by atoms with Crippen LogP contribution in [0.15, 0.2) is 43.5 Å². The van der Waals surface area contributed by atoms with Crippen LogP contribution in [0.2, 0.25) is 0 Å². The van der Waals surface area contributed by atoms with Crippen molar-refractivity contribution in [2.45, 2.75) is 88.9 Å². The van der Waals surface area contributed by atoms with Crippen molar-refractivity contribution >= 4 is 28.9 Å². The van der Waals surface area contributed by atoms with Gasteiger partial charge in [0.2, 0.25) is 11.8 Å². The summed E-state index contributed by atoms with van der Waals surface area (Å²) in [6.45, 7) is 9.72. The molecule has 5 rings (SSSR count). The van der Waals surface area contributed by atoms with Crippen LogP contribution in [-0.2, 0) is 30.3 Å². The third kappa shape index (κ3) is 7.15. The molecule has 0 unspecified atom stereocenters. The summed E-state index contributed by atoms with van der Waals surface area (Å²) in [4.78, 5) is 51.7. The molecule has 10 heteroatoms. The molecule has 45 heavy (non-hydrogen) atoms. The van der Waals surface area contributed by atoms with Gasteiger partial charge >= 0.3 is 11.9 Å². The van der Waals surface area contributed by atoms with Crippen molar-refractivity contribution in [1.29, 1.82) is 0 Å². The number of nitrogens with zero attached hydrogens (tertiary/aromatic N) is 3. The lowest BCUT2D eigenvalue weighted by atomic mass is 9.86. The Morgan fingerprint density at radius 3 is 2.60 bits per heavy atom. The average Bonchev–Trinajstić information content (AvgIpc) is 3.40. The number of methoxy groups -OCH3 is 2. The van der Waals surface area contributed by atoms with Crippen molar-refractivity contribution in [2.75, 3.05) is 20.8 Å². The highest BCUT2D eigenvalue weighted by atomic mass is 16.6. The van der Waals surface area contributed by atoms with E-state index in [4.69, 9.17) is 28.9 Å². The lowest BCUT2D eigenvalue weighted by molar-refractivity contribution is -0.158. The Bertz CT molecular complexity index is 1440. The van der Waals surface area contributed by atoms with E-state index >= 15 is 0 Å². The predicted octanol–water partition coefficient (Wildman–Crippen LogP) is 5.37. The molecule has 3 aliphatic rings. The summed E-state index contributed by atoms with van der Waals surface area (Å²) >= 11 is 0. The molecule has 0 bridgehead atoms. The third-order valence-corrected chi connectivity index (χ3v) is 9.62. The van der Waals surface area contributed by atoms with Crippen LogP contribution in [0.3, 0.4) is 0 Å². The first-order valence-electron chi connectivity index (χ1n) is 16.0. The Morgan fingerprint density at radius 2 is 1.91 bits per heavy atom. The monoisotopic (exact) mass is 619 g/mol. The fourth-order valence-electron chi connectivity index (χ4n) is 6.98. The number of rotatable bonds is 14. The zero-order chi connectivity index (χ0) is 32.1. The molecule has 242 valence electrons. The number of allylic oxidation sites excluding steroid dienone is 2. The zero-order valence-corrected chi connectivity index (χ0v) is 26.7. The zero-order valence-electron chi connectivity index (χ0n) is 26.7. The van der Waals surface area contributed by atoms with Crippen molar-refractivity contribution < 1.29 is 33.3 Å². The minimum absolute atomic E-state index is 0.0164. The van der Waals surface area contributed by atoms with Gasteiger partial charge in [0.25, 0.3) is 0 Å². The average molecular weight is 620 g/mol. The van der Waals surface area contributed by atoms with Gasteiger partial charge in [-0.3, -0.25) is 9.59 Å². The van der Waals surface area contributed by atoms with Gasteiger partial charge in [0.05, 0.1) is 38.6 Å². The molecule has 0 spiro atoms. The number of carbonyl (C=O) groups is 3. The van der Waals surface area contributed by atoms with Crippen molar-refractivity contribution in [2.24, 2.45) is 17.8 Å². The van der Waals surface area contributed by atoms with Crippen LogP contribution in [0.5, 0.6) is 11.6 Å². The molecule has 2 saturated carbocycles. The molecule has 1 aliphatic heterocycles. The smallest absolute Gasteiger partial charge is 0.328 e. The number of hydrogen-bond acceptors (Lipinski definition) is 9. The number of likely N-dealkylation sites (tertiary alicyclic amines) is 1. The Balaban J connectivity index is 1.38. The van der Waals surface area contributed by atoms with Gasteiger partial charge in [-0.15, -0.1) is 13.2 Å². The van der Waals surface area contributed by atoms with Crippen LogP contribution in [0.1, 0.15) is 70.4 Å². The van der Waals surface area contributed by atoms with Crippen molar-refractivity contribution in [1.82, 2.24) is 14.9 Å². The van der Waals surface area contributed by atoms with Crippen LogP contribution >= 0.6 is 0 Å². The lowest BCUT2D eigenvalue weighted by Crippen LogP contribution is -2.46. The van der Waals surface area contributed by atoms with Crippen LogP contribution in [0, 0.1) is 17.8 Å². The molecule has 10 nitrogen and oxygen atoms in total. The van der Waals surface area contributed by atoms with Gasteiger partial charge in [0.15, 0.2) is 0 Å². The molecule has 1 saturated heterocycles. The SMILES string of the molecule is C=CCCc1nc2cccc(OC)c2nc1O[C@@H]1C[C@@H](C(=O)OC)N(C(=O)[C@@H](CC(=O)O[C@@]2(C)C[C@@H]2CC=C)C2CCCC2)C1. The number of para-hydroxylation sites is 1. The first kappa shape index (κ1) is 32.4. The largest absolute Gasteiger partial charge is 0.494 e. The summed E-state index contributed by atoms with van der Waals surface area (Å²) < 4.78 is 23.0. The van der Waals surface area contributed by atoms with E-state index in [1.165, 1.54) is 7.11 Å². The maximum atomic E-state index is 14.3. The van der Waals surface area contributed by atoms with Gasteiger partial charge in [-0.1, -0.05) is 31.1 Å². The number of esters is 2. The van der Waals surface area contributed by atoms with Crippen molar-refractivity contribution in [3.8, 4) is 11.6 Å². The second-order valence-corrected chi connectivity index (χ2v) is 12.7. The van der Waals surface area contributed by atoms with E-state index < -0.39 is 29.6 Å². The summed E-state index contributed by atoms with van der Waals surface area (Å²) in [5, 5.41) is 0. The molecule has 0 radical (unpaired) electrons. The van der Waals surface area contributed by atoms with E-state index in [1.54, 1.807) is 12.0 Å². The minimum atomic E-state index is -0.843. The fraction of sp³-hybridized carbons (Fsp3) is 0.571. The molecule has 0 N–H and O–H groups in total. The molecule has 5 atom stereocenters. The quantitative estimate of drug-likeness (QED) is 0.203. The molecule has 2 aliphatic carbocycles. The number of benzene rings is 1. The Kier molecular flexibility index (Phi) is 10.1. The molecule has 1 aromatic carbocycles. The summed E-state index contributed by atoms with van der Waals surface area (Å²) in [7, 11) is 2.89. The van der Waals surface area contributed by atoms with Crippen LogP contribution < -0.4 is 9.47 Å². The molecule has 2 heterocycles. The molecular formula is C35H45N3O7. The molecule has 3 fully saturated rings. The molecular weight excluding hydrogens is 574 g/mol. The topological polar surface area (TPSA) is 117 Å². The van der Waals surface area contributed by atoms with Crippen LogP contribution in [0.4, 0.5) is 0 Å².